The van der Waals surface area contributed by atoms with Crippen molar-refractivity contribution in [2.45, 2.75) is 57.2 Å². The maximum atomic E-state index is 9.85. The van der Waals surface area contributed by atoms with Gasteiger partial charge in [0.1, 0.15) is 0 Å². The Morgan fingerprint density at radius 1 is 1.12 bits per heavy atom. The van der Waals surface area contributed by atoms with Crippen LogP contribution in [0, 0.1) is 11.8 Å². The molecule has 16 heavy (non-hydrogen) atoms. The van der Waals surface area contributed by atoms with Gasteiger partial charge in [0.05, 0.1) is 12.2 Å². The van der Waals surface area contributed by atoms with Crippen molar-refractivity contribution >= 4 is 0 Å². The van der Waals surface area contributed by atoms with E-state index in [9.17, 15) is 5.11 Å². The van der Waals surface area contributed by atoms with Gasteiger partial charge in [-0.25, -0.2) is 0 Å². The fraction of sp³-hybridized carbons (Fsp3) is 1.00. The molecule has 0 radical (unpaired) electrons. The van der Waals surface area contributed by atoms with Gasteiger partial charge in [0.25, 0.3) is 0 Å². The molecule has 0 aromatic rings. The molecular weight excluding hydrogens is 202 g/mol. The van der Waals surface area contributed by atoms with Crippen molar-refractivity contribution < 1.29 is 10.2 Å². The minimum atomic E-state index is -0.173. The van der Waals surface area contributed by atoms with Gasteiger partial charge in [-0.1, -0.05) is 25.7 Å². The van der Waals surface area contributed by atoms with Gasteiger partial charge < -0.3 is 15.5 Å². The van der Waals surface area contributed by atoms with E-state index < -0.39 is 0 Å². The predicted molar refractivity (Wildman–Crippen MR) is 64.2 cm³/mol. The average molecular weight is 227 g/mol. The zero-order valence-electron chi connectivity index (χ0n) is 10.1. The molecule has 0 aromatic heterocycles. The minimum Gasteiger partial charge on any atom is -0.393 e. The Hall–Kier alpha value is -0.120. The van der Waals surface area contributed by atoms with Gasteiger partial charge in [-0.05, 0) is 37.6 Å². The molecule has 94 valence electrons. The zero-order chi connectivity index (χ0) is 11.4. The van der Waals surface area contributed by atoms with Gasteiger partial charge in [-0.15, -0.1) is 0 Å². The maximum absolute atomic E-state index is 9.85. The van der Waals surface area contributed by atoms with E-state index in [1.165, 1.54) is 25.7 Å². The summed E-state index contributed by atoms with van der Waals surface area (Å²) in [7, 11) is 0. The normalized spacial score (nSPS) is 32.6. The molecule has 1 unspecified atom stereocenters. The standard InChI is InChI=1S/C13H25NO2/c15-12-6-11(7-12)8-14-9-13(16)5-10-3-1-2-4-10/h10-16H,1-9H2. The first-order chi connectivity index (χ1) is 7.74. The quantitative estimate of drug-likeness (QED) is 0.641. The Kier molecular flexibility index (Phi) is 4.62. The minimum absolute atomic E-state index is 0.0600. The highest BCUT2D eigenvalue weighted by molar-refractivity contribution is 4.80. The highest BCUT2D eigenvalue weighted by atomic mass is 16.3. The van der Waals surface area contributed by atoms with Gasteiger partial charge in [-0.2, -0.15) is 0 Å². The van der Waals surface area contributed by atoms with Crippen molar-refractivity contribution in [3.63, 3.8) is 0 Å². The topological polar surface area (TPSA) is 52.5 Å². The molecule has 0 heterocycles. The fourth-order valence-corrected chi connectivity index (χ4v) is 3.04. The first-order valence-corrected chi connectivity index (χ1v) is 6.81. The Morgan fingerprint density at radius 2 is 1.81 bits per heavy atom. The average Bonchev–Trinajstić information content (AvgIpc) is 2.67. The molecule has 2 rings (SSSR count). The second-order valence-corrected chi connectivity index (χ2v) is 5.69. The summed E-state index contributed by atoms with van der Waals surface area (Å²) < 4.78 is 0. The third kappa shape index (κ3) is 3.72. The number of nitrogens with one attached hydrogen (secondary N) is 1. The summed E-state index contributed by atoms with van der Waals surface area (Å²) in [4.78, 5) is 0. The number of rotatable bonds is 6. The number of aliphatic hydroxyl groups excluding tert-OH is 2. The highest BCUT2D eigenvalue weighted by Crippen LogP contribution is 2.28. The van der Waals surface area contributed by atoms with E-state index in [0.717, 1.165) is 38.3 Å². The van der Waals surface area contributed by atoms with E-state index in [1.807, 2.05) is 0 Å². The van der Waals surface area contributed by atoms with E-state index in [1.54, 1.807) is 0 Å². The van der Waals surface area contributed by atoms with Crippen LogP contribution in [0.1, 0.15) is 44.9 Å². The zero-order valence-corrected chi connectivity index (χ0v) is 10.1. The van der Waals surface area contributed by atoms with Crippen LogP contribution in [-0.2, 0) is 0 Å². The molecule has 0 saturated heterocycles. The molecule has 3 N–H and O–H groups in total. The second kappa shape index (κ2) is 5.99. The Labute approximate surface area is 98.2 Å². The SMILES string of the molecule is OC(CNCC1CC(O)C1)CC1CCCC1. The molecule has 0 amide bonds. The number of hydrogen-bond donors (Lipinski definition) is 3. The summed E-state index contributed by atoms with van der Waals surface area (Å²) in [5.41, 5.74) is 0. The van der Waals surface area contributed by atoms with Crippen molar-refractivity contribution in [1.82, 2.24) is 5.32 Å². The lowest BCUT2D eigenvalue weighted by Gasteiger charge is -2.31. The van der Waals surface area contributed by atoms with E-state index in [2.05, 4.69) is 5.32 Å². The van der Waals surface area contributed by atoms with Gasteiger partial charge in [0, 0.05) is 6.54 Å². The molecule has 1 atom stereocenters. The van der Waals surface area contributed by atoms with Crippen molar-refractivity contribution in [3.8, 4) is 0 Å². The largest absolute Gasteiger partial charge is 0.393 e. The Bertz CT molecular complexity index is 198. The molecule has 0 aliphatic heterocycles. The van der Waals surface area contributed by atoms with Gasteiger partial charge in [0.2, 0.25) is 0 Å². The van der Waals surface area contributed by atoms with Crippen LogP contribution in [0.25, 0.3) is 0 Å². The molecule has 2 aliphatic carbocycles. The summed E-state index contributed by atoms with van der Waals surface area (Å²) in [6, 6.07) is 0. The fourth-order valence-electron chi connectivity index (χ4n) is 3.04. The van der Waals surface area contributed by atoms with Crippen LogP contribution in [0.3, 0.4) is 0 Å². The lowest BCUT2D eigenvalue weighted by atomic mass is 9.82. The van der Waals surface area contributed by atoms with Crippen molar-refractivity contribution in [2.75, 3.05) is 13.1 Å². The lowest BCUT2D eigenvalue weighted by Crippen LogP contribution is -2.38. The summed E-state index contributed by atoms with van der Waals surface area (Å²) in [5.74, 6) is 1.40. The van der Waals surface area contributed by atoms with Crippen molar-refractivity contribution in [3.05, 3.63) is 0 Å². The highest BCUT2D eigenvalue weighted by Gasteiger charge is 2.26. The third-order valence-electron chi connectivity index (χ3n) is 4.10. The maximum Gasteiger partial charge on any atom is 0.0667 e. The van der Waals surface area contributed by atoms with Crippen LogP contribution in [0.4, 0.5) is 0 Å². The first kappa shape index (κ1) is 12.3. The summed E-state index contributed by atoms with van der Waals surface area (Å²) in [6.07, 6.45) is 7.94. The summed E-state index contributed by atoms with van der Waals surface area (Å²) in [5, 5.41) is 22.3. The molecule has 2 aliphatic rings. The summed E-state index contributed by atoms with van der Waals surface area (Å²) in [6.45, 7) is 1.68. The predicted octanol–water partition coefficient (Wildman–Crippen LogP) is 1.29. The van der Waals surface area contributed by atoms with Crippen LogP contribution < -0.4 is 5.32 Å². The molecule has 0 bridgehead atoms. The van der Waals surface area contributed by atoms with E-state index in [-0.39, 0.29) is 12.2 Å². The molecular formula is C13H25NO2. The lowest BCUT2D eigenvalue weighted by molar-refractivity contribution is 0.0410. The molecule has 2 fully saturated rings. The molecule has 3 heteroatoms. The molecule has 0 spiro atoms. The number of hydrogen-bond acceptors (Lipinski definition) is 3. The van der Waals surface area contributed by atoms with Crippen molar-refractivity contribution in [2.24, 2.45) is 11.8 Å². The van der Waals surface area contributed by atoms with Crippen LogP contribution in [0.2, 0.25) is 0 Å². The van der Waals surface area contributed by atoms with Crippen LogP contribution >= 0.6 is 0 Å². The van der Waals surface area contributed by atoms with E-state index in [4.69, 9.17) is 5.11 Å². The Balaban J connectivity index is 1.48. The van der Waals surface area contributed by atoms with E-state index >= 15 is 0 Å². The van der Waals surface area contributed by atoms with Crippen LogP contribution in [-0.4, -0.2) is 35.5 Å². The van der Waals surface area contributed by atoms with Gasteiger partial charge in [0.15, 0.2) is 0 Å². The number of aliphatic hydroxyl groups is 2. The second-order valence-electron chi connectivity index (χ2n) is 5.69. The van der Waals surface area contributed by atoms with Crippen LogP contribution in [0.15, 0.2) is 0 Å². The van der Waals surface area contributed by atoms with Gasteiger partial charge in [-0.3, -0.25) is 0 Å². The van der Waals surface area contributed by atoms with Crippen molar-refractivity contribution in [1.29, 1.82) is 0 Å². The van der Waals surface area contributed by atoms with Crippen LogP contribution in [0.5, 0.6) is 0 Å². The monoisotopic (exact) mass is 227 g/mol. The molecule has 0 aromatic carbocycles. The summed E-state index contributed by atoms with van der Waals surface area (Å²) >= 11 is 0. The first-order valence-electron chi connectivity index (χ1n) is 6.81. The van der Waals surface area contributed by atoms with E-state index in [0.29, 0.717) is 5.92 Å². The smallest absolute Gasteiger partial charge is 0.0667 e. The van der Waals surface area contributed by atoms with Gasteiger partial charge >= 0.3 is 0 Å². The molecule has 3 nitrogen and oxygen atoms in total. The third-order valence-corrected chi connectivity index (χ3v) is 4.10. The Morgan fingerprint density at radius 3 is 2.44 bits per heavy atom. The molecule has 2 saturated carbocycles.